The molecule has 1 aliphatic carbocycles. The molecule has 0 bridgehead atoms. The van der Waals surface area contributed by atoms with Crippen LogP contribution < -0.4 is 0 Å². The van der Waals surface area contributed by atoms with Crippen LogP contribution in [0.2, 0.25) is 0 Å². The molecule has 0 atom stereocenters. The summed E-state index contributed by atoms with van der Waals surface area (Å²) in [5, 5.41) is 1.09. The van der Waals surface area contributed by atoms with Crippen molar-refractivity contribution in [3.05, 3.63) is 5.38 Å². The average Bonchev–Trinajstić information content (AvgIpc) is 2.06. The highest BCUT2D eigenvalue weighted by molar-refractivity contribution is 6.26. The second-order valence-electron chi connectivity index (χ2n) is 1.86. The third-order valence-corrected chi connectivity index (χ3v) is 1.45. The second-order valence-corrected chi connectivity index (χ2v) is 2.46. The fraction of sp³-hybridized carbons (Fsp3) is 0.800. The van der Waals surface area contributed by atoms with Gasteiger partial charge in [0.25, 0.3) is 0 Å². The monoisotopic (exact) mass is 103 g/mol. The maximum Gasteiger partial charge on any atom is 0.0637 e. The zero-order chi connectivity index (χ0) is 4.57. The summed E-state index contributed by atoms with van der Waals surface area (Å²) in [5.74, 6) is 0.784. The van der Waals surface area contributed by atoms with Crippen LogP contribution in [0.25, 0.3) is 0 Å². The predicted molar refractivity (Wildman–Crippen MR) is 27.5 cm³/mol. The molecule has 1 aliphatic rings. The van der Waals surface area contributed by atoms with E-state index < -0.39 is 0 Å². The van der Waals surface area contributed by atoms with Crippen LogP contribution in [-0.4, -0.2) is 0 Å². The molecule has 0 aromatic carbocycles. The predicted octanol–water partition coefficient (Wildman–Crippen LogP) is 2.19. The molecule has 0 nitrogen and oxygen atoms in total. The van der Waals surface area contributed by atoms with Crippen LogP contribution in [-0.2, 0) is 0 Å². The van der Waals surface area contributed by atoms with E-state index in [2.05, 4.69) is 0 Å². The van der Waals surface area contributed by atoms with Crippen LogP contribution in [0.3, 0.4) is 0 Å². The maximum absolute atomic E-state index is 5.59. The zero-order valence-electron chi connectivity index (χ0n) is 3.87. The van der Waals surface area contributed by atoms with E-state index in [9.17, 15) is 0 Å². The Bertz CT molecular complexity index is 45.9. The highest BCUT2D eigenvalue weighted by Crippen LogP contribution is 2.39. The number of hydrogen-bond donors (Lipinski definition) is 0. The van der Waals surface area contributed by atoms with Crippen molar-refractivity contribution in [3.63, 3.8) is 0 Å². The molecule has 1 radical (unpaired) electrons. The Kier molecular flexibility index (Phi) is 1.05. The van der Waals surface area contributed by atoms with Crippen LogP contribution in [0.4, 0.5) is 0 Å². The summed E-state index contributed by atoms with van der Waals surface area (Å²) in [6, 6.07) is 0. The van der Waals surface area contributed by atoms with E-state index in [1.807, 2.05) is 6.92 Å². The van der Waals surface area contributed by atoms with Crippen LogP contribution in [0.15, 0.2) is 0 Å². The molecule has 35 valence electrons. The van der Waals surface area contributed by atoms with Gasteiger partial charge in [-0.25, -0.2) is 0 Å². The third-order valence-electron chi connectivity index (χ3n) is 1.14. The van der Waals surface area contributed by atoms with Crippen molar-refractivity contribution in [1.29, 1.82) is 0 Å². The van der Waals surface area contributed by atoms with Crippen molar-refractivity contribution >= 4 is 11.6 Å². The number of rotatable bonds is 1. The van der Waals surface area contributed by atoms with Gasteiger partial charge in [0, 0.05) is 0 Å². The lowest BCUT2D eigenvalue weighted by Crippen LogP contribution is -1.77. The van der Waals surface area contributed by atoms with Gasteiger partial charge in [-0.05, 0) is 25.7 Å². The second kappa shape index (κ2) is 1.42. The van der Waals surface area contributed by atoms with Crippen molar-refractivity contribution in [3.8, 4) is 0 Å². The zero-order valence-corrected chi connectivity index (χ0v) is 4.63. The minimum atomic E-state index is 0.784. The molecule has 1 saturated carbocycles. The first-order chi connectivity index (χ1) is 2.80. The number of hydrogen-bond acceptors (Lipinski definition) is 0. The summed E-state index contributed by atoms with van der Waals surface area (Å²) in [7, 11) is 0. The number of halogens is 1. The molecular weight excluding hydrogens is 95.5 g/mol. The van der Waals surface area contributed by atoms with Crippen LogP contribution in [0.5, 0.6) is 0 Å². The van der Waals surface area contributed by atoms with Gasteiger partial charge in [-0.2, -0.15) is 0 Å². The Morgan fingerprint density at radius 3 is 2.17 bits per heavy atom. The van der Waals surface area contributed by atoms with Gasteiger partial charge in [-0.15, -0.1) is 11.6 Å². The topological polar surface area (TPSA) is 0 Å². The van der Waals surface area contributed by atoms with Gasteiger partial charge in [0.15, 0.2) is 0 Å². The van der Waals surface area contributed by atoms with Crippen LogP contribution in [0, 0.1) is 11.3 Å². The Morgan fingerprint density at radius 1 is 1.67 bits per heavy atom. The third kappa shape index (κ3) is 0.874. The molecule has 0 unspecified atom stereocenters. The molecule has 0 N–H and O–H groups in total. The van der Waals surface area contributed by atoms with Crippen LogP contribution in [0.1, 0.15) is 19.8 Å². The van der Waals surface area contributed by atoms with Gasteiger partial charge in [-0.1, -0.05) is 0 Å². The Morgan fingerprint density at radius 2 is 2.17 bits per heavy atom. The normalized spacial score (nSPS) is 22.5. The first-order valence-corrected chi connectivity index (χ1v) is 2.67. The van der Waals surface area contributed by atoms with E-state index in [4.69, 9.17) is 11.6 Å². The Hall–Kier alpha value is 0.290. The molecule has 0 saturated heterocycles. The lowest BCUT2D eigenvalue weighted by molar-refractivity contribution is 0.955. The maximum atomic E-state index is 5.59. The van der Waals surface area contributed by atoms with E-state index in [0.29, 0.717) is 0 Å². The lowest BCUT2D eigenvalue weighted by Gasteiger charge is -1.89. The molecule has 6 heavy (non-hydrogen) atoms. The summed E-state index contributed by atoms with van der Waals surface area (Å²) >= 11 is 5.59. The summed E-state index contributed by atoms with van der Waals surface area (Å²) in [4.78, 5) is 0. The van der Waals surface area contributed by atoms with Crippen molar-refractivity contribution < 1.29 is 0 Å². The van der Waals surface area contributed by atoms with Crippen LogP contribution >= 0.6 is 11.6 Å². The van der Waals surface area contributed by atoms with Crippen molar-refractivity contribution in [2.45, 2.75) is 19.8 Å². The lowest BCUT2D eigenvalue weighted by atomic mass is 10.3. The fourth-order valence-electron chi connectivity index (χ4n) is 0.481. The standard InChI is InChI=1S/C5H8Cl/c1-4(6)5-2-3-5/h5H,2-3H2,1H3. The molecule has 1 rings (SSSR count). The summed E-state index contributed by atoms with van der Waals surface area (Å²) in [5.41, 5.74) is 0. The fourth-order valence-corrected chi connectivity index (χ4v) is 0.699. The van der Waals surface area contributed by atoms with E-state index in [1.165, 1.54) is 12.8 Å². The van der Waals surface area contributed by atoms with E-state index in [0.717, 1.165) is 11.3 Å². The van der Waals surface area contributed by atoms with E-state index in [1.54, 1.807) is 0 Å². The molecule has 1 fully saturated rings. The van der Waals surface area contributed by atoms with Gasteiger partial charge in [0.2, 0.25) is 0 Å². The minimum absolute atomic E-state index is 0.784. The Labute approximate surface area is 43.5 Å². The van der Waals surface area contributed by atoms with Gasteiger partial charge in [-0.3, -0.25) is 0 Å². The summed E-state index contributed by atoms with van der Waals surface area (Å²) in [6.07, 6.45) is 2.66. The van der Waals surface area contributed by atoms with Gasteiger partial charge < -0.3 is 0 Å². The first-order valence-electron chi connectivity index (χ1n) is 2.29. The molecular formula is C5H8Cl. The summed E-state index contributed by atoms with van der Waals surface area (Å²) < 4.78 is 0. The molecule has 0 aliphatic heterocycles. The largest absolute Gasteiger partial charge is 0.117 e. The highest BCUT2D eigenvalue weighted by Gasteiger charge is 2.26. The molecule has 1 heteroatoms. The quantitative estimate of drug-likeness (QED) is 0.477. The molecule has 0 heterocycles. The van der Waals surface area contributed by atoms with E-state index in [-0.39, 0.29) is 0 Å². The SMILES string of the molecule is C[C](Cl)C1CC1. The molecule has 0 aromatic rings. The van der Waals surface area contributed by atoms with Gasteiger partial charge in [0.1, 0.15) is 0 Å². The van der Waals surface area contributed by atoms with E-state index >= 15 is 0 Å². The Balaban J connectivity index is 2.13. The minimum Gasteiger partial charge on any atom is -0.117 e. The first kappa shape index (κ1) is 4.45. The molecule has 0 amide bonds. The van der Waals surface area contributed by atoms with Crippen molar-refractivity contribution in [2.24, 2.45) is 5.92 Å². The molecule has 0 spiro atoms. The molecule has 0 aromatic heterocycles. The summed E-state index contributed by atoms with van der Waals surface area (Å²) in [6.45, 7) is 1.99. The van der Waals surface area contributed by atoms with Gasteiger partial charge >= 0.3 is 0 Å². The van der Waals surface area contributed by atoms with Gasteiger partial charge in [0.05, 0.1) is 5.38 Å². The smallest absolute Gasteiger partial charge is 0.0637 e. The average molecular weight is 104 g/mol. The van der Waals surface area contributed by atoms with Crippen molar-refractivity contribution in [2.75, 3.05) is 0 Å². The highest BCUT2D eigenvalue weighted by atomic mass is 35.5. The van der Waals surface area contributed by atoms with Crippen molar-refractivity contribution in [1.82, 2.24) is 0 Å².